The third kappa shape index (κ3) is 2.96. The maximum absolute atomic E-state index is 4.75. The molecule has 0 aliphatic heterocycles. The Morgan fingerprint density at radius 3 is 1.88 bits per heavy atom. The summed E-state index contributed by atoms with van der Waals surface area (Å²) in [5, 5.41) is 1.43. The fourth-order valence-corrected chi connectivity index (χ4v) is 0.440. The molecule has 50 valence electrons. The van der Waals surface area contributed by atoms with Crippen LogP contribution in [0.3, 0.4) is 0 Å². The first-order valence-corrected chi connectivity index (χ1v) is 2.70. The van der Waals surface area contributed by atoms with Gasteiger partial charge in [-0.3, -0.25) is 9.68 Å². The average Bonchev–Trinajstić information content (AvgIpc) is 1.83. The molecule has 0 aliphatic rings. The minimum atomic E-state index is 0.812. The summed E-state index contributed by atoms with van der Waals surface area (Å²) in [6.45, 7) is 2.87. The smallest absolute Gasteiger partial charge is 0.0601 e. The highest BCUT2D eigenvalue weighted by molar-refractivity contribution is 4.24. The Kier molecular flexibility index (Phi) is 4.95. The second-order valence-electron chi connectivity index (χ2n) is 1.42. The van der Waals surface area contributed by atoms with Crippen LogP contribution in [0.15, 0.2) is 0 Å². The zero-order valence-electron chi connectivity index (χ0n) is 5.68. The highest BCUT2D eigenvalue weighted by Crippen LogP contribution is 1.88. The minimum Gasteiger partial charge on any atom is -0.278 e. The lowest BCUT2D eigenvalue weighted by Gasteiger charge is -2.13. The third-order valence-corrected chi connectivity index (χ3v) is 0.813. The molecular formula is C5H13NO2. The summed E-state index contributed by atoms with van der Waals surface area (Å²) in [5.41, 5.74) is 0. The van der Waals surface area contributed by atoms with E-state index in [1.807, 2.05) is 0 Å². The van der Waals surface area contributed by atoms with Crippen molar-refractivity contribution in [2.75, 3.05) is 20.8 Å². The second-order valence-corrected chi connectivity index (χ2v) is 1.42. The molecule has 0 fully saturated rings. The van der Waals surface area contributed by atoms with Crippen LogP contribution in [0.4, 0.5) is 0 Å². The van der Waals surface area contributed by atoms with Crippen LogP contribution in [0.2, 0.25) is 0 Å². The highest BCUT2D eigenvalue weighted by Gasteiger charge is 1.95. The standard InChI is InChI=1S/C5H13NO2/c1-4-5-6(7-2)8-3/h4-5H2,1-3H3. The monoisotopic (exact) mass is 119 g/mol. The van der Waals surface area contributed by atoms with Crippen LogP contribution in [0.1, 0.15) is 13.3 Å². The Hall–Kier alpha value is -0.120. The van der Waals surface area contributed by atoms with Gasteiger partial charge in [0, 0.05) is 0 Å². The Bertz CT molecular complexity index is 45.7. The van der Waals surface area contributed by atoms with Gasteiger partial charge in [0.15, 0.2) is 0 Å². The van der Waals surface area contributed by atoms with Crippen molar-refractivity contribution in [1.82, 2.24) is 5.23 Å². The molecule has 0 aromatic heterocycles. The van der Waals surface area contributed by atoms with Crippen LogP contribution < -0.4 is 0 Å². The predicted molar refractivity (Wildman–Crippen MR) is 31.0 cm³/mol. The van der Waals surface area contributed by atoms with E-state index in [0.29, 0.717) is 0 Å². The Morgan fingerprint density at radius 2 is 1.75 bits per heavy atom. The van der Waals surface area contributed by atoms with Gasteiger partial charge in [0.1, 0.15) is 0 Å². The topological polar surface area (TPSA) is 21.7 Å². The van der Waals surface area contributed by atoms with Crippen molar-refractivity contribution in [3.05, 3.63) is 0 Å². The van der Waals surface area contributed by atoms with Crippen molar-refractivity contribution >= 4 is 0 Å². The van der Waals surface area contributed by atoms with Crippen molar-refractivity contribution in [3.63, 3.8) is 0 Å². The quantitative estimate of drug-likeness (QED) is 0.511. The molecule has 0 radical (unpaired) electrons. The first-order chi connectivity index (χ1) is 3.85. The summed E-state index contributed by atoms with van der Waals surface area (Å²) in [7, 11) is 3.16. The fraction of sp³-hybridized carbons (Fsp3) is 1.00. The molecule has 0 aliphatic carbocycles. The van der Waals surface area contributed by atoms with Gasteiger partial charge in [-0.05, 0) is 6.42 Å². The summed E-state index contributed by atoms with van der Waals surface area (Å²) in [6, 6.07) is 0. The molecule has 0 rings (SSSR count). The third-order valence-electron chi connectivity index (χ3n) is 0.813. The molecule has 0 N–H and O–H groups in total. The van der Waals surface area contributed by atoms with Crippen LogP contribution in [-0.2, 0) is 9.68 Å². The first-order valence-electron chi connectivity index (χ1n) is 2.70. The molecule has 0 saturated heterocycles. The predicted octanol–water partition coefficient (Wildman–Crippen LogP) is 0.821. The largest absolute Gasteiger partial charge is 0.278 e. The molecule has 0 unspecified atom stereocenters. The second kappa shape index (κ2) is 5.03. The van der Waals surface area contributed by atoms with Gasteiger partial charge in [0.05, 0.1) is 20.8 Å². The van der Waals surface area contributed by atoms with E-state index in [0.717, 1.165) is 13.0 Å². The summed E-state index contributed by atoms with van der Waals surface area (Å²) < 4.78 is 0. The van der Waals surface area contributed by atoms with E-state index in [4.69, 9.17) is 9.68 Å². The molecule has 0 atom stereocenters. The lowest BCUT2D eigenvalue weighted by molar-refractivity contribution is -0.342. The van der Waals surface area contributed by atoms with E-state index >= 15 is 0 Å². The van der Waals surface area contributed by atoms with E-state index in [2.05, 4.69) is 6.92 Å². The normalized spacial score (nSPS) is 10.5. The molecule has 0 saturated carbocycles. The van der Waals surface area contributed by atoms with Crippen molar-refractivity contribution < 1.29 is 9.68 Å². The number of rotatable bonds is 4. The first kappa shape index (κ1) is 7.88. The van der Waals surface area contributed by atoms with Crippen molar-refractivity contribution in [3.8, 4) is 0 Å². The molecule has 0 amide bonds. The summed E-state index contributed by atoms with van der Waals surface area (Å²) in [5.74, 6) is 0. The molecule has 0 bridgehead atoms. The van der Waals surface area contributed by atoms with E-state index in [1.165, 1.54) is 5.23 Å². The van der Waals surface area contributed by atoms with Gasteiger partial charge in [0.2, 0.25) is 0 Å². The van der Waals surface area contributed by atoms with Crippen LogP contribution in [-0.4, -0.2) is 26.0 Å². The maximum Gasteiger partial charge on any atom is 0.0601 e. The van der Waals surface area contributed by atoms with Crippen LogP contribution in [0.25, 0.3) is 0 Å². The Morgan fingerprint density at radius 1 is 1.25 bits per heavy atom. The molecule has 0 aromatic carbocycles. The van der Waals surface area contributed by atoms with Gasteiger partial charge in [-0.1, -0.05) is 12.2 Å². The number of hydrogen-bond donors (Lipinski definition) is 0. The fourth-order valence-electron chi connectivity index (χ4n) is 0.440. The molecular weight excluding hydrogens is 106 g/mol. The van der Waals surface area contributed by atoms with E-state index in [1.54, 1.807) is 14.2 Å². The van der Waals surface area contributed by atoms with Gasteiger partial charge in [-0.15, -0.1) is 0 Å². The Labute approximate surface area is 50.1 Å². The minimum absolute atomic E-state index is 0.812. The molecule has 8 heavy (non-hydrogen) atoms. The lowest BCUT2D eigenvalue weighted by Crippen LogP contribution is -2.21. The molecule has 0 spiro atoms. The number of hydrogen-bond acceptors (Lipinski definition) is 3. The molecule has 0 aromatic rings. The van der Waals surface area contributed by atoms with Gasteiger partial charge in [0.25, 0.3) is 0 Å². The molecule has 0 heterocycles. The van der Waals surface area contributed by atoms with Crippen LogP contribution >= 0.6 is 0 Å². The number of nitrogens with zero attached hydrogens (tertiary/aromatic N) is 1. The average molecular weight is 119 g/mol. The zero-order valence-corrected chi connectivity index (χ0v) is 5.68. The van der Waals surface area contributed by atoms with Crippen molar-refractivity contribution in [2.45, 2.75) is 13.3 Å². The van der Waals surface area contributed by atoms with Gasteiger partial charge >= 0.3 is 0 Å². The van der Waals surface area contributed by atoms with E-state index in [9.17, 15) is 0 Å². The molecule has 3 nitrogen and oxygen atoms in total. The van der Waals surface area contributed by atoms with Gasteiger partial charge in [-0.25, -0.2) is 0 Å². The van der Waals surface area contributed by atoms with Crippen LogP contribution in [0, 0.1) is 0 Å². The number of hydroxylamine groups is 2. The maximum atomic E-state index is 4.75. The zero-order chi connectivity index (χ0) is 6.41. The SMILES string of the molecule is CCCN(OC)OC. The van der Waals surface area contributed by atoms with Crippen molar-refractivity contribution in [1.29, 1.82) is 0 Å². The highest BCUT2D eigenvalue weighted by atomic mass is 16.9. The van der Waals surface area contributed by atoms with Gasteiger partial charge in [-0.2, -0.15) is 0 Å². The summed E-state index contributed by atoms with van der Waals surface area (Å²) >= 11 is 0. The van der Waals surface area contributed by atoms with Crippen LogP contribution in [0.5, 0.6) is 0 Å². The van der Waals surface area contributed by atoms with E-state index in [-0.39, 0.29) is 0 Å². The Balaban J connectivity index is 3.07. The summed E-state index contributed by atoms with van der Waals surface area (Å²) in [4.78, 5) is 9.50. The lowest BCUT2D eigenvalue weighted by atomic mass is 10.5. The molecule has 3 heteroatoms. The van der Waals surface area contributed by atoms with Crippen molar-refractivity contribution in [2.24, 2.45) is 0 Å². The van der Waals surface area contributed by atoms with Gasteiger partial charge < -0.3 is 0 Å². The van der Waals surface area contributed by atoms with E-state index < -0.39 is 0 Å². The summed E-state index contributed by atoms with van der Waals surface area (Å²) in [6.07, 6.45) is 1.03.